The third kappa shape index (κ3) is 3.71. The fourth-order valence-electron chi connectivity index (χ4n) is 2.66. The van der Waals surface area contributed by atoms with E-state index in [1.807, 2.05) is 43.3 Å². The molecule has 0 aliphatic carbocycles. The van der Waals surface area contributed by atoms with Gasteiger partial charge in [-0.25, -0.2) is 0 Å². The number of anilines is 1. The predicted octanol–water partition coefficient (Wildman–Crippen LogP) is 3.41. The summed E-state index contributed by atoms with van der Waals surface area (Å²) >= 11 is 0. The number of nitrogens with one attached hydrogen (secondary N) is 2. The predicted molar refractivity (Wildman–Crippen MR) is 92.2 cm³/mol. The summed E-state index contributed by atoms with van der Waals surface area (Å²) in [6.07, 6.45) is 0.150. The largest absolute Gasteiger partial charge is 0.487 e. The standard InChI is InChI=1S/C19H22N2O2/c1-13-11-21-17-10-16(8-9-19(17)23-13)18(22)12-20-14(2)15-6-4-3-5-7-15/h3-10,13-14,20-21H,11-12H2,1-2H3. The Kier molecular flexibility index (Phi) is 4.63. The Balaban J connectivity index is 1.62. The van der Waals surface area contributed by atoms with E-state index in [4.69, 9.17) is 4.74 Å². The zero-order valence-electron chi connectivity index (χ0n) is 13.5. The molecule has 0 bridgehead atoms. The van der Waals surface area contributed by atoms with Gasteiger partial charge in [0, 0.05) is 11.6 Å². The number of carbonyl (C=O) groups is 1. The summed E-state index contributed by atoms with van der Waals surface area (Å²) in [4.78, 5) is 12.4. The van der Waals surface area contributed by atoms with Crippen molar-refractivity contribution in [1.82, 2.24) is 5.32 Å². The summed E-state index contributed by atoms with van der Waals surface area (Å²) in [6.45, 7) is 5.15. The van der Waals surface area contributed by atoms with Gasteiger partial charge in [-0.05, 0) is 37.6 Å². The minimum atomic E-state index is 0.0796. The number of ketones is 1. The molecule has 1 aliphatic rings. The van der Waals surface area contributed by atoms with E-state index in [-0.39, 0.29) is 17.9 Å². The van der Waals surface area contributed by atoms with Crippen LogP contribution in [-0.4, -0.2) is 25.0 Å². The number of Topliss-reactive ketones (excluding diaryl/α,β-unsaturated/α-hetero) is 1. The highest BCUT2D eigenvalue weighted by Gasteiger charge is 2.17. The molecule has 2 N–H and O–H groups in total. The van der Waals surface area contributed by atoms with Gasteiger partial charge in [-0.15, -0.1) is 0 Å². The van der Waals surface area contributed by atoms with E-state index >= 15 is 0 Å². The van der Waals surface area contributed by atoms with E-state index in [2.05, 4.69) is 29.7 Å². The maximum Gasteiger partial charge on any atom is 0.176 e. The number of hydrogen-bond acceptors (Lipinski definition) is 4. The van der Waals surface area contributed by atoms with Gasteiger partial charge < -0.3 is 15.4 Å². The van der Waals surface area contributed by atoms with Crippen LogP contribution in [0.15, 0.2) is 48.5 Å². The second kappa shape index (κ2) is 6.84. The summed E-state index contributed by atoms with van der Waals surface area (Å²) in [5.74, 6) is 0.891. The Morgan fingerprint density at radius 2 is 2.09 bits per heavy atom. The summed E-state index contributed by atoms with van der Waals surface area (Å²) in [6, 6.07) is 15.8. The van der Waals surface area contributed by atoms with Crippen LogP contribution in [0.25, 0.3) is 0 Å². The van der Waals surface area contributed by atoms with Crippen LogP contribution in [-0.2, 0) is 0 Å². The number of benzene rings is 2. The molecule has 0 spiro atoms. The first-order valence-electron chi connectivity index (χ1n) is 7.99. The van der Waals surface area contributed by atoms with Gasteiger partial charge in [-0.1, -0.05) is 30.3 Å². The van der Waals surface area contributed by atoms with E-state index in [1.54, 1.807) is 0 Å². The first-order chi connectivity index (χ1) is 11.1. The smallest absolute Gasteiger partial charge is 0.176 e. The van der Waals surface area contributed by atoms with Gasteiger partial charge in [-0.2, -0.15) is 0 Å². The van der Waals surface area contributed by atoms with Crippen LogP contribution in [0.4, 0.5) is 5.69 Å². The van der Waals surface area contributed by atoms with E-state index in [9.17, 15) is 4.79 Å². The average molecular weight is 310 g/mol. The van der Waals surface area contributed by atoms with Crippen LogP contribution in [0.5, 0.6) is 5.75 Å². The molecular formula is C19H22N2O2. The van der Waals surface area contributed by atoms with Crippen LogP contribution in [0.2, 0.25) is 0 Å². The van der Waals surface area contributed by atoms with Crippen molar-refractivity contribution < 1.29 is 9.53 Å². The van der Waals surface area contributed by atoms with Crippen molar-refractivity contribution >= 4 is 11.5 Å². The molecule has 4 heteroatoms. The molecule has 4 nitrogen and oxygen atoms in total. The SMILES string of the molecule is CC1CNc2cc(C(=O)CNC(C)c3ccccc3)ccc2O1. The Hall–Kier alpha value is -2.33. The van der Waals surface area contributed by atoms with E-state index in [0.717, 1.165) is 18.0 Å². The van der Waals surface area contributed by atoms with Crippen LogP contribution in [0.1, 0.15) is 35.8 Å². The summed E-state index contributed by atoms with van der Waals surface area (Å²) in [7, 11) is 0. The molecular weight excluding hydrogens is 288 g/mol. The number of rotatable bonds is 5. The van der Waals surface area contributed by atoms with Gasteiger partial charge in [0.05, 0.1) is 18.8 Å². The second-order valence-corrected chi connectivity index (χ2v) is 5.96. The lowest BCUT2D eigenvalue weighted by molar-refractivity contribution is 0.0988. The van der Waals surface area contributed by atoms with Crippen molar-refractivity contribution in [2.24, 2.45) is 0 Å². The van der Waals surface area contributed by atoms with Crippen LogP contribution in [0.3, 0.4) is 0 Å². The molecule has 0 amide bonds. The van der Waals surface area contributed by atoms with E-state index in [1.165, 1.54) is 5.56 Å². The van der Waals surface area contributed by atoms with Crippen molar-refractivity contribution in [3.05, 3.63) is 59.7 Å². The van der Waals surface area contributed by atoms with Crippen LogP contribution in [0, 0.1) is 0 Å². The first kappa shape index (κ1) is 15.6. The van der Waals surface area contributed by atoms with Gasteiger partial charge >= 0.3 is 0 Å². The van der Waals surface area contributed by atoms with Crippen molar-refractivity contribution in [1.29, 1.82) is 0 Å². The molecule has 3 rings (SSSR count). The van der Waals surface area contributed by atoms with E-state index < -0.39 is 0 Å². The van der Waals surface area contributed by atoms with Crippen molar-refractivity contribution in [3.63, 3.8) is 0 Å². The molecule has 23 heavy (non-hydrogen) atoms. The third-order valence-corrected chi connectivity index (χ3v) is 4.08. The molecule has 120 valence electrons. The highest BCUT2D eigenvalue weighted by atomic mass is 16.5. The highest BCUT2D eigenvalue weighted by Crippen LogP contribution is 2.30. The summed E-state index contributed by atoms with van der Waals surface area (Å²) < 4.78 is 5.73. The lowest BCUT2D eigenvalue weighted by atomic mass is 10.1. The van der Waals surface area contributed by atoms with E-state index in [0.29, 0.717) is 12.1 Å². The molecule has 2 unspecified atom stereocenters. The minimum absolute atomic E-state index is 0.0796. The van der Waals surface area contributed by atoms with Crippen LogP contribution < -0.4 is 15.4 Å². The number of carbonyl (C=O) groups excluding carboxylic acids is 1. The third-order valence-electron chi connectivity index (χ3n) is 4.08. The van der Waals surface area contributed by atoms with Gasteiger partial charge in [-0.3, -0.25) is 4.79 Å². The lowest BCUT2D eigenvalue weighted by Crippen LogP contribution is -2.28. The maximum atomic E-state index is 12.4. The topological polar surface area (TPSA) is 50.4 Å². The van der Waals surface area contributed by atoms with Gasteiger partial charge in [0.25, 0.3) is 0 Å². The van der Waals surface area contributed by atoms with Crippen molar-refractivity contribution in [3.8, 4) is 5.75 Å². The second-order valence-electron chi connectivity index (χ2n) is 5.96. The molecule has 1 heterocycles. The average Bonchev–Trinajstić information content (AvgIpc) is 2.59. The molecule has 2 aromatic carbocycles. The molecule has 2 aromatic rings. The Morgan fingerprint density at radius 3 is 2.87 bits per heavy atom. The van der Waals surface area contributed by atoms with Crippen molar-refractivity contribution in [2.75, 3.05) is 18.4 Å². The zero-order valence-corrected chi connectivity index (χ0v) is 13.5. The van der Waals surface area contributed by atoms with Gasteiger partial charge in [0.2, 0.25) is 0 Å². The highest BCUT2D eigenvalue weighted by molar-refractivity contribution is 5.98. The van der Waals surface area contributed by atoms with Gasteiger partial charge in [0.1, 0.15) is 11.9 Å². The number of hydrogen-bond donors (Lipinski definition) is 2. The molecule has 2 atom stereocenters. The number of fused-ring (bicyclic) bond motifs is 1. The molecule has 1 aliphatic heterocycles. The Bertz CT molecular complexity index is 685. The molecule has 0 saturated carbocycles. The zero-order chi connectivity index (χ0) is 16.2. The summed E-state index contributed by atoms with van der Waals surface area (Å²) in [5, 5.41) is 6.58. The summed E-state index contributed by atoms with van der Waals surface area (Å²) in [5.41, 5.74) is 2.77. The Labute approximate surface area is 136 Å². The maximum absolute atomic E-state index is 12.4. The molecule has 0 saturated heterocycles. The quantitative estimate of drug-likeness (QED) is 0.831. The molecule has 0 aromatic heterocycles. The van der Waals surface area contributed by atoms with Crippen LogP contribution >= 0.6 is 0 Å². The van der Waals surface area contributed by atoms with Crippen molar-refractivity contribution in [2.45, 2.75) is 26.0 Å². The monoisotopic (exact) mass is 310 g/mol. The fraction of sp³-hybridized carbons (Fsp3) is 0.316. The minimum Gasteiger partial charge on any atom is -0.487 e. The molecule has 0 fully saturated rings. The lowest BCUT2D eigenvalue weighted by Gasteiger charge is -2.25. The van der Waals surface area contributed by atoms with Gasteiger partial charge in [0.15, 0.2) is 5.78 Å². The number of ether oxygens (including phenoxy) is 1. The molecule has 0 radical (unpaired) electrons. The first-order valence-corrected chi connectivity index (χ1v) is 7.99. The Morgan fingerprint density at radius 1 is 1.30 bits per heavy atom. The normalized spacial score (nSPS) is 17.6. The fourth-order valence-corrected chi connectivity index (χ4v) is 2.66.